The second-order valence-corrected chi connectivity index (χ2v) is 5.67. The number of benzene rings is 1. The molecule has 1 aromatic carbocycles. The maximum Gasteiger partial charge on any atom is 0.248 e. The molecule has 1 aromatic rings. The Bertz CT molecular complexity index is 581. The van der Waals surface area contributed by atoms with Gasteiger partial charge < -0.3 is 10.2 Å². The Balaban J connectivity index is 3.10. The Morgan fingerprint density at radius 3 is 2.73 bits per heavy atom. The highest BCUT2D eigenvalue weighted by Gasteiger charge is 2.23. The van der Waals surface area contributed by atoms with Crippen LogP contribution in [0.25, 0.3) is 0 Å². The van der Waals surface area contributed by atoms with Gasteiger partial charge in [-0.05, 0) is 36.3 Å². The van der Waals surface area contributed by atoms with Crippen molar-refractivity contribution in [2.75, 3.05) is 19.8 Å². The van der Waals surface area contributed by atoms with Gasteiger partial charge >= 0.3 is 0 Å². The molecule has 4 nitrogen and oxygen atoms in total. The Morgan fingerprint density at radius 2 is 2.18 bits per heavy atom. The van der Waals surface area contributed by atoms with Gasteiger partial charge in [0.1, 0.15) is 12.4 Å². The summed E-state index contributed by atoms with van der Waals surface area (Å²) in [5.74, 6) is -1.06. The Kier molecular flexibility index (Phi) is 7.41. The van der Waals surface area contributed by atoms with Gasteiger partial charge in [-0.3, -0.25) is 9.59 Å². The number of hydrogen-bond acceptors (Lipinski definition) is 3. The van der Waals surface area contributed by atoms with Crippen molar-refractivity contribution in [2.24, 2.45) is 0 Å². The highest BCUT2D eigenvalue weighted by atomic mass is 35.5. The third-order valence-electron chi connectivity index (χ3n) is 3.10. The molecule has 22 heavy (non-hydrogen) atoms. The largest absolute Gasteiger partial charge is 0.358 e. The molecule has 0 fully saturated rings. The molecule has 0 aliphatic rings. The van der Waals surface area contributed by atoms with Crippen LogP contribution < -0.4 is 5.32 Å². The van der Waals surface area contributed by atoms with E-state index in [1.54, 1.807) is 12.3 Å². The molecule has 2 amide bonds. The number of likely N-dealkylation sites (N-methyl/N-ethyl adjacent to an activating group) is 1. The van der Waals surface area contributed by atoms with Gasteiger partial charge in [-0.2, -0.15) is 0 Å². The highest BCUT2D eigenvalue weighted by Crippen LogP contribution is 2.28. The lowest BCUT2D eigenvalue weighted by Crippen LogP contribution is -2.40. The van der Waals surface area contributed by atoms with Crippen molar-refractivity contribution >= 4 is 35.2 Å². The molecular weight excluding hydrogens is 327 g/mol. The molecular formula is C15H18ClFN2O2S. The molecule has 7 heteroatoms. The second-order valence-electron chi connectivity index (χ2n) is 4.52. The van der Waals surface area contributed by atoms with E-state index in [-0.39, 0.29) is 23.4 Å². The third-order valence-corrected chi connectivity index (χ3v) is 3.84. The molecule has 0 spiro atoms. The topological polar surface area (TPSA) is 49.4 Å². The SMILES string of the molecule is CNC(=O)CN(C(=O)/C=C/SC)C(C)c1ccc(F)cc1Cl. The van der Waals surface area contributed by atoms with Gasteiger partial charge in [-0.1, -0.05) is 17.7 Å². The lowest BCUT2D eigenvalue weighted by Gasteiger charge is -2.28. The molecule has 1 atom stereocenters. The lowest BCUT2D eigenvalue weighted by atomic mass is 10.1. The first-order valence-corrected chi connectivity index (χ1v) is 8.22. The fourth-order valence-corrected chi connectivity index (χ4v) is 2.45. The lowest BCUT2D eigenvalue weighted by molar-refractivity contribution is -0.134. The maximum atomic E-state index is 13.2. The zero-order valence-corrected chi connectivity index (χ0v) is 14.2. The van der Waals surface area contributed by atoms with Crippen LogP contribution in [0, 0.1) is 5.82 Å². The van der Waals surface area contributed by atoms with E-state index in [4.69, 9.17) is 11.6 Å². The monoisotopic (exact) mass is 344 g/mol. The quantitative estimate of drug-likeness (QED) is 0.807. The van der Waals surface area contributed by atoms with Crippen LogP contribution in [0.1, 0.15) is 18.5 Å². The average Bonchev–Trinajstić information content (AvgIpc) is 2.49. The van der Waals surface area contributed by atoms with Crippen LogP contribution in [0.4, 0.5) is 4.39 Å². The summed E-state index contributed by atoms with van der Waals surface area (Å²) in [5, 5.41) is 4.34. The Hall–Kier alpha value is -1.53. The zero-order chi connectivity index (χ0) is 16.7. The van der Waals surface area contributed by atoms with Crippen molar-refractivity contribution in [3.63, 3.8) is 0 Å². The first kappa shape index (κ1) is 18.5. The molecule has 0 radical (unpaired) electrons. The zero-order valence-electron chi connectivity index (χ0n) is 12.6. The van der Waals surface area contributed by atoms with Crippen molar-refractivity contribution < 1.29 is 14.0 Å². The number of amides is 2. The van der Waals surface area contributed by atoms with Gasteiger partial charge in [-0.25, -0.2) is 4.39 Å². The van der Waals surface area contributed by atoms with Crippen LogP contribution >= 0.6 is 23.4 Å². The van der Waals surface area contributed by atoms with Crippen molar-refractivity contribution in [3.05, 3.63) is 46.1 Å². The van der Waals surface area contributed by atoms with E-state index in [0.29, 0.717) is 5.56 Å². The number of carbonyl (C=O) groups excluding carboxylic acids is 2. The predicted octanol–water partition coefficient (Wildman–Crippen LogP) is 2.99. The van der Waals surface area contributed by atoms with E-state index in [1.165, 1.54) is 48.0 Å². The van der Waals surface area contributed by atoms with Gasteiger partial charge in [0.25, 0.3) is 0 Å². The average molecular weight is 345 g/mol. The molecule has 0 bridgehead atoms. The smallest absolute Gasteiger partial charge is 0.248 e. The van der Waals surface area contributed by atoms with E-state index >= 15 is 0 Å². The van der Waals surface area contributed by atoms with Crippen molar-refractivity contribution in [1.29, 1.82) is 0 Å². The van der Waals surface area contributed by atoms with E-state index in [2.05, 4.69) is 5.32 Å². The van der Waals surface area contributed by atoms with Gasteiger partial charge in [0.2, 0.25) is 11.8 Å². The number of thioether (sulfide) groups is 1. The number of nitrogens with one attached hydrogen (secondary N) is 1. The molecule has 1 N–H and O–H groups in total. The molecule has 0 saturated carbocycles. The minimum atomic E-state index is -0.468. The van der Waals surface area contributed by atoms with Crippen LogP contribution in [0.5, 0.6) is 0 Å². The van der Waals surface area contributed by atoms with Crippen LogP contribution in [-0.4, -0.2) is 36.6 Å². The van der Waals surface area contributed by atoms with Crippen molar-refractivity contribution in [1.82, 2.24) is 10.2 Å². The van der Waals surface area contributed by atoms with Crippen LogP contribution in [0.2, 0.25) is 5.02 Å². The van der Waals surface area contributed by atoms with Crippen molar-refractivity contribution in [3.8, 4) is 0 Å². The molecule has 0 aliphatic carbocycles. The minimum Gasteiger partial charge on any atom is -0.358 e. The summed E-state index contributed by atoms with van der Waals surface area (Å²) in [5.41, 5.74) is 0.581. The van der Waals surface area contributed by atoms with E-state index in [0.717, 1.165) is 0 Å². The summed E-state index contributed by atoms with van der Waals surface area (Å²) >= 11 is 7.43. The summed E-state index contributed by atoms with van der Waals surface area (Å²) in [6.07, 6.45) is 3.22. The van der Waals surface area contributed by atoms with E-state index in [9.17, 15) is 14.0 Å². The predicted molar refractivity (Wildman–Crippen MR) is 88.3 cm³/mol. The number of rotatable bonds is 6. The van der Waals surface area contributed by atoms with Crippen LogP contribution in [-0.2, 0) is 9.59 Å². The Labute approximate surface area is 138 Å². The van der Waals surface area contributed by atoms with Gasteiger partial charge in [-0.15, -0.1) is 11.8 Å². The molecule has 0 heterocycles. The van der Waals surface area contributed by atoms with Crippen LogP contribution in [0.3, 0.4) is 0 Å². The van der Waals surface area contributed by atoms with E-state index in [1.807, 2.05) is 6.26 Å². The summed E-state index contributed by atoms with van der Waals surface area (Å²) < 4.78 is 13.2. The fraction of sp³-hybridized carbons (Fsp3) is 0.333. The first-order valence-electron chi connectivity index (χ1n) is 6.56. The minimum absolute atomic E-state index is 0.108. The molecule has 0 saturated heterocycles. The third kappa shape index (κ3) is 5.03. The molecule has 0 aromatic heterocycles. The molecule has 0 aliphatic heterocycles. The molecule has 120 valence electrons. The summed E-state index contributed by atoms with van der Waals surface area (Å²) in [6.45, 7) is 1.63. The number of carbonyl (C=O) groups is 2. The van der Waals surface area contributed by atoms with Crippen molar-refractivity contribution in [2.45, 2.75) is 13.0 Å². The van der Waals surface area contributed by atoms with Gasteiger partial charge in [0, 0.05) is 18.1 Å². The summed E-state index contributed by atoms with van der Waals surface area (Å²) in [4.78, 5) is 25.3. The summed E-state index contributed by atoms with van der Waals surface area (Å²) in [7, 11) is 1.50. The number of hydrogen-bond donors (Lipinski definition) is 1. The normalized spacial score (nSPS) is 12.2. The van der Waals surface area contributed by atoms with Gasteiger partial charge in [0.05, 0.1) is 6.04 Å². The molecule has 1 rings (SSSR count). The Morgan fingerprint density at radius 1 is 1.50 bits per heavy atom. The standard InChI is InChI=1S/C15H18ClFN2O2S/c1-10(12-5-4-11(17)8-13(12)16)19(9-14(20)18-2)15(21)6-7-22-3/h4-8,10H,9H2,1-3H3,(H,18,20)/b7-6+. The van der Waals surface area contributed by atoms with Gasteiger partial charge in [0.15, 0.2) is 0 Å². The summed E-state index contributed by atoms with van der Waals surface area (Å²) in [6, 6.07) is 3.51. The van der Waals surface area contributed by atoms with Crippen LogP contribution in [0.15, 0.2) is 29.7 Å². The maximum absolute atomic E-state index is 13.2. The number of halogens is 2. The number of nitrogens with zero attached hydrogens (tertiary/aromatic N) is 1. The first-order chi connectivity index (χ1) is 10.4. The second kappa shape index (κ2) is 8.80. The van der Waals surface area contributed by atoms with E-state index < -0.39 is 11.9 Å². The fourth-order valence-electron chi connectivity index (χ4n) is 1.87. The highest BCUT2D eigenvalue weighted by molar-refractivity contribution is 8.01. The molecule has 1 unspecified atom stereocenters.